The van der Waals surface area contributed by atoms with Crippen LogP contribution in [0.1, 0.15) is 17.3 Å². The topological polar surface area (TPSA) is 64.8 Å². The largest absolute Gasteiger partial charge is 0.497 e. The average molecular weight is 289 g/mol. The molecule has 0 fully saturated rings. The Morgan fingerprint density at radius 3 is 2.11 bits per heavy atom. The molecule has 0 saturated carbocycles. The summed E-state index contributed by atoms with van der Waals surface area (Å²) in [7, 11) is 4.83. The van der Waals surface area contributed by atoms with E-state index in [0.29, 0.717) is 23.6 Å². The van der Waals surface area contributed by atoms with E-state index in [9.17, 15) is 4.79 Å². The van der Waals surface area contributed by atoms with Gasteiger partial charge in [-0.1, -0.05) is 0 Å². The van der Waals surface area contributed by atoms with Crippen molar-refractivity contribution in [2.75, 3.05) is 27.8 Å². The summed E-state index contributed by atoms with van der Waals surface area (Å²) >= 11 is 0. The number of nitrogens with two attached hydrogens (primary N) is 1. The molecule has 0 aliphatic rings. The Kier molecular flexibility index (Phi) is 7.26. The molecule has 2 N–H and O–H groups in total. The van der Waals surface area contributed by atoms with Crippen LogP contribution in [-0.4, -0.2) is 44.7 Å². The molecule has 6 heteroatoms. The number of rotatable bonds is 5. The standard InChI is InChI=1S/C13H20N2O3.ClH/c1-9(8-14)15(2)13(16)10-5-11(17-3)7-12(6-10)18-4;/h5-7,9H,8,14H2,1-4H3;1H. The van der Waals surface area contributed by atoms with Crippen LogP contribution >= 0.6 is 12.4 Å². The highest BCUT2D eigenvalue weighted by Gasteiger charge is 2.17. The van der Waals surface area contributed by atoms with E-state index in [4.69, 9.17) is 15.2 Å². The average Bonchev–Trinajstić information content (AvgIpc) is 2.43. The van der Waals surface area contributed by atoms with E-state index in [1.807, 2.05) is 6.92 Å². The predicted octanol–water partition coefficient (Wildman–Crippen LogP) is 1.54. The lowest BCUT2D eigenvalue weighted by molar-refractivity contribution is 0.0747. The number of amides is 1. The maximum atomic E-state index is 12.2. The summed E-state index contributed by atoms with van der Waals surface area (Å²) in [4.78, 5) is 13.8. The smallest absolute Gasteiger partial charge is 0.254 e. The van der Waals surface area contributed by atoms with Gasteiger partial charge in [0.05, 0.1) is 14.2 Å². The SMILES string of the molecule is COc1cc(OC)cc(C(=O)N(C)C(C)CN)c1.Cl. The van der Waals surface area contributed by atoms with Crippen LogP contribution in [0.5, 0.6) is 11.5 Å². The molecule has 0 aromatic heterocycles. The molecule has 0 bridgehead atoms. The van der Waals surface area contributed by atoms with Gasteiger partial charge >= 0.3 is 0 Å². The van der Waals surface area contributed by atoms with Gasteiger partial charge in [0.1, 0.15) is 11.5 Å². The van der Waals surface area contributed by atoms with Gasteiger partial charge in [0.2, 0.25) is 0 Å². The van der Waals surface area contributed by atoms with E-state index in [0.717, 1.165) is 0 Å². The van der Waals surface area contributed by atoms with Gasteiger partial charge in [-0.3, -0.25) is 4.79 Å². The zero-order chi connectivity index (χ0) is 13.7. The fraction of sp³-hybridized carbons (Fsp3) is 0.462. The third kappa shape index (κ3) is 4.29. The number of carbonyl (C=O) groups excluding carboxylic acids is 1. The molecule has 1 rings (SSSR count). The first-order valence-electron chi connectivity index (χ1n) is 5.73. The lowest BCUT2D eigenvalue weighted by Gasteiger charge is -2.24. The number of likely N-dealkylation sites (N-methyl/N-ethyl adjacent to an activating group) is 1. The summed E-state index contributed by atoms with van der Waals surface area (Å²) in [5.74, 6) is 1.07. The minimum absolute atomic E-state index is 0. The van der Waals surface area contributed by atoms with E-state index >= 15 is 0 Å². The number of nitrogens with zero attached hydrogens (tertiary/aromatic N) is 1. The Bertz CT molecular complexity index is 404. The van der Waals surface area contributed by atoms with Gasteiger partial charge in [-0.2, -0.15) is 0 Å². The molecule has 1 atom stereocenters. The molecule has 0 heterocycles. The van der Waals surface area contributed by atoms with Crippen LogP contribution in [-0.2, 0) is 0 Å². The van der Waals surface area contributed by atoms with Crippen molar-refractivity contribution in [3.8, 4) is 11.5 Å². The van der Waals surface area contributed by atoms with E-state index in [2.05, 4.69) is 0 Å². The Labute approximate surface area is 120 Å². The van der Waals surface area contributed by atoms with Crippen molar-refractivity contribution >= 4 is 18.3 Å². The highest BCUT2D eigenvalue weighted by atomic mass is 35.5. The van der Waals surface area contributed by atoms with Crippen molar-refractivity contribution in [2.24, 2.45) is 5.73 Å². The Hall–Kier alpha value is -1.46. The minimum atomic E-state index is -0.106. The van der Waals surface area contributed by atoms with E-state index in [1.54, 1.807) is 44.4 Å². The van der Waals surface area contributed by atoms with E-state index in [-0.39, 0.29) is 24.4 Å². The van der Waals surface area contributed by atoms with E-state index < -0.39 is 0 Å². The molecular formula is C13H21ClN2O3. The Morgan fingerprint density at radius 1 is 1.26 bits per heavy atom. The summed E-state index contributed by atoms with van der Waals surface area (Å²) in [6.45, 7) is 2.32. The quantitative estimate of drug-likeness (QED) is 0.893. The van der Waals surface area contributed by atoms with Crippen LogP contribution in [0.15, 0.2) is 18.2 Å². The molecule has 1 amide bonds. The molecule has 0 spiro atoms. The Balaban J connectivity index is 0.00000324. The van der Waals surface area contributed by atoms with Crippen molar-refractivity contribution in [2.45, 2.75) is 13.0 Å². The molecule has 5 nitrogen and oxygen atoms in total. The number of hydrogen-bond acceptors (Lipinski definition) is 4. The van der Waals surface area contributed by atoms with Gasteiger partial charge in [-0.05, 0) is 19.1 Å². The van der Waals surface area contributed by atoms with Crippen LogP contribution in [0.25, 0.3) is 0 Å². The number of benzene rings is 1. The first-order chi connectivity index (χ1) is 8.53. The van der Waals surface area contributed by atoms with Crippen molar-refractivity contribution in [3.63, 3.8) is 0 Å². The van der Waals surface area contributed by atoms with Gasteiger partial charge in [-0.15, -0.1) is 12.4 Å². The van der Waals surface area contributed by atoms with Gasteiger partial charge < -0.3 is 20.1 Å². The number of carbonyl (C=O) groups is 1. The van der Waals surface area contributed by atoms with Crippen molar-refractivity contribution in [1.82, 2.24) is 4.90 Å². The van der Waals surface area contributed by atoms with Gasteiger partial charge in [0.25, 0.3) is 5.91 Å². The second-order valence-corrected chi connectivity index (χ2v) is 4.10. The van der Waals surface area contributed by atoms with Gasteiger partial charge in [-0.25, -0.2) is 0 Å². The molecule has 1 aromatic rings. The highest BCUT2D eigenvalue weighted by molar-refractivity contribution is 5.95. The molecular weight excluding hydrogens is 268 g/mol. The summed E-state index contributed by atoms with van der Waals surface area (Å²) in [6.07, 6.45) is 0. The fourth-order valence-corrected chi connectivity index (χ4v) is 1.49. The third-order valence-corrected chi connectivity index (χ3v) is 2.92. The fourth-order valence-electron chi connectivity index (χ4n) is 1.49. The van der Waals surface area contributed by atoms with Gasteiger partial charge in [0, 0.05) is 31.3 Å². The van der Waals surface area contributed by atoms with Crippen LogP contribution in [0.3, 0.4) is 0 Å². The number of ether oxygens (including phenoxy) is 2. The molecule has 108 valence electrons. The normalized spacial score (nSPS) is 11.2. The predicted molar refractivity (Wildman–Crippen MR) is 77.4 cm³/mol. The summed E-state index contributed by atoms with van der Waals surface area (Å²) < 4.78 is 10.3. The van der Waals surface area contributed by atoms with Crippen molar-refractivity contribution in [1.29, 1.82) is 0 Å². The molecule has 0 saturated heterocycles. The monoisotopic (exact) mass is 288 g/mol. The maximum Gasteiger partial charge on any atom is 0.254 e. The molecule has 19 heavy (non-hydrogen) atoms. The zero-order valence-corrected chi connectivity index (χ0v) is 12.5. The molecule has 0 radical (unpaired) electrons. The number of methoxy groups -OCH3 is 2. The maximum absolute atomic E-state index is 12.2. The van der Waals surface area contributed by atoms with Crippen molar-refractivity contribution in [3.05, 3.63) is 23.8 Å². The minimum Gasteiger partial charge on any atom is -0.497 e. The highest BCUT2D eigenvalue weighted by Crippen LogP contribution is 2.23. The summed E-state index contributed by atoms with van der Waals surface area (Å²) in [5.41, 5.74) is 6.08. The molecule has 0 aliphatic carbocycles. The lowest BCUT2D eigenvalue weighted by atomic mass is 10.1. The van der Waals surface area contributed by atoms with Crippen LogP contribution < -0.4 is 15.2 Å². The second-order valence-electron chi connectivity index (χ2n) is 4.10. The van der Waals surface area contributed by atoms with E-state index in [1.165, 1.54) is 0 Å². The second kappa shape index (κ2) is 7.86. The molecule has 0 aliphatic heterocycles. The van der Waals surface area contributed by atoms with Crippen LogP contribution in [0.4, 0.5) is 0 Å². The van der Waals surface area contributed by atoms with Gasteiger partial charge in [0.15, 0.2) is 0 Å². The first-order valence-corrected chi connectivity index (χ1v) is 5.73. The van der Waals surface area contributed by atoms with Crippen LogP contribution in [0, 0.1) is 0 Å². The lowest BCUT2D eigenvalue weighted by Crippen LogP contribution is -2.39. The molecule has 1 aromatic carbocycles. The zero-order valence-electron chi connectivity index (χ0n) is 11.7. The third-order valence-electron chi connectivity index (χ3n) is 2.92. The summed E-state index contributed by atoms with van der Waals surface area (Å²) in [5, 5.41) is 0. The number of halogens is 1. The van der Waals surface area contributed by atoms with Crippen molar-refractivity contribution < 1.29 is 14.3 Å². The molecule has 1 unspecified atom stereocenters. The summed E-state index contributed by atoms with van der Waals surface area (Å²) in [6, 6.07) is 5.08. The first kappa shape index (κ1) is 17.5. The Morgan fingerprint density at radius 2 is 1.74 bits per heavy atom. The van der Waals surface area contributed by atoms with Crippen LogP contribution in [0.2, 0.25) is 0 Å². The number of hydrogen-bond donors (Lipinski definition) is 1.